The van der Waals surface area contributed by atoms with E-state index < -0.39 is 0 Å². The molecule has 1 heterocycles. The van der Waals surface area contributed by atoms with Crippen LogP contribution in [0.25, 0.3) is 0 Å². The first-order valence-electron chi connectivity index (χ1n) is 6.40. The average molecular weight is 293 g/mol. The maximum atomic E-state index is 5.85. The second-order valence-corrected chi connectivity index (χ2v) is 4.75. The summed E-state index contributed by atoms with van der Waals surface area (Å²) < 4.78 is 11.0. The van der Waals surface area contributed by atoms with E-state index in [2.05, 4.69) is 11.9 Å². The van der Waals surface area contributed by atoms with Crippen LogP contribution in [0.3, 0.4) is 0 Å². The Kier molecular flexibility index (Phi) is 4.69. The van der Waals surface area contributed by atoms with Gasteiger partial charge in [0.05, 0.1) is 12.8 Å². The lowest BCUT2D eigenvalue weighted by molar-refractivity contribution is 0.374. The Morgan fingerprint density at radius 3 is 2.70 bits per heavy atom. The molecule has 106 valence electrons. The molecule has 20 heavy (non-hydrogen) atoms. The van der Waals surface area contributed by atoms with Crippen LogP contribution in [0.2, 0.25) is 5.15 Å². The molecule has 0 fully saturated rings. The molecule has 0 bridgehead atoms. The molecule has 0 aliphatic heterocycles. The molecule has 0 radical (unpaired) electrons. The predicted octanol–water partition coefficient (Wildman–Crippen LogP) is 4.07. The van der Waals surface area contributed by atoms with Crippen LogP contribution in [0.5, 0.6) is 17.4 Å². The fourth-order valence-corrected chi connectivity index (χ4v) is 1.99. The molecule has 0 aliphatic rings. The number of rotatable bonds is 5. The fraction of sp³-hybridized carbons (Fsp3) is 0.267. The molecule has 2 rings (SSSR count). The number of benzene rings is 1. The number of aromatic nitrogens is 1. The summed E-state index contributed by atoms with van der Waals surface area (Å²) in [6.45, 7) is 2.13. The van der Waals surface area contributed by atoms with Gasteiger partial charge in [-0.1, -0.05) is 31.0 Å². The summed E-state index contributed by atoms with van der Waals surface area (Å²) in [5.41, 5.74) is 7.44. The predicted molar refractivity (Wildman–Crippen MR) is 80.7 cm³/mol. The van der Waals surface area contributed by atoms with Crippen molar-refractivity contribution in [3.8, 4) is 17.4 Å². The number of nitrogens with zero attached hydrogens (tertiary/aromatic N) is 1. The van der Waals surface area contributed by atoms with E-state index in [4.69, 9.17) is 26.8 Å². The summed E-state index contributed by atoms with van der Waals surface area (Å²) in [5, 5.41) is 0.329. The van der Waals surface area contributed by atoms with Crippen LogP contribution < -0.4 is 15.2 Å². The Morgan fingerprint density at radius 1 is 1.20 bits per heavy atom. The van der Waals surface area contributed by atoms with Crippen LogP contribution >= 0.6 is 11.6 Å². The number of ether oxygens (including phenoxy) is 2. The first-order chi connectivity index (χ1) is 9.63. The zero-order valence-corrected chi connectivity index (χ0v) is 12.3. The second kappa shape index (κ2) is 6.48. The molecule has 0 saturated carbocycles. The van der Waals surface area contributed by atoms with Gasteiger partial charge in [-0.05, 0) is 36.2 Å². The normalized spacial score (nSPS) is 10.3. The van der Waals surface area contributed by atoms with Crippen molar-refractivity contribution in [2.75, 3.05) is 12.8 Å². The molecule has 1 aromatic heterocycles. The van der Waals surface area contributed by atoms with E-state index in [1.54, 1.807) is 19.2 Å². The average Bonchev–Trinajstić information content (AvgIpc) is 2.44. The van der Waals surface area contributed by atoms with E-state index in [1.165, 1.54) is 5.56 Å². The van der Waals surface area contributed by atoms with E-state index in [1.807, 2.05) is 18.2 Å². The third kappa shape index (κ3) is 3.33. The maximum absolute atomic E-state index is 5.85. The highest BCUT2D eigenvalue weighted by Gasteiger charge is 2.10. The van der Waals surface area contributed by atoms with Gasteiger partial charge in [0.25, 0.3) is 0 Å². The van der Waals surface area contributed by atoms with Crippen molar-refractivity contribution in [1.82, 2.24) is 4.98 Å². The van der Waals surface area contributed by atoms with Crippen molar-refractivity contribution >= 4 is 17.3 Å². The summed E-state index contributed by atoms with van der Waals surface area (Å²) in [6, 6.07) is 9.08. The van der Waals surface area contributed by atoms with Gasteiger partial charge < -0.3 is 15.2 Å². The Labute approximate surface area is 123 Å². The minimum Gasteiger partial charge on any atom is -0.493 e. The van der Waals surface area contributed by atoms with Gasteiger partial charge in [-0.2, -0.15) is 4.98 Å². The molecule has 0 amide bonds. The molecule has 0 aliphatic carbocycles. The number of pyridine rings is 1. The first kappa shape index (κ1) is 14.5. The van der Waals surface area contributed by atoms with Gasteiger partial charge in [0.1, 0.15) is 5.15 Å². The van der Waals surface area contributed by atoms with Crippen molar-refractivity contribution in [2.24, 2.45) is 0 Å². The van der Waals surface area contributed by atoms with E-state index in [9.17, 15) is 0 Å². The summed E-state index contributed by atoms with van der Waals surface area (Å²) in [7, 11) is 1.60. The minimum atomic E-state index is 0.277. The number of methoxy groups -OCH3 is 1. The monoisotopic (exact) mass is 292 g/mol. The largest absolute Gasteiger partial charge is 0.493 e. The van der Waals surface area contributed by atoms with E-state index >= 15 is 0 Å². The molecule has 5 heteroatoms. The number of halogens is 1. The number of anilines is 1. The second-order valence-electron chi connectivity index (χ2n) is 4.37. The number of aryl methyl sites for hydroxylation is 1. The Morgan fingerprint density at radius 2 is 2.00 bits per heavy atom. The molecule has 0 spiro atoms. The molecular formula is C15H17ClN2O2. The zero-order chi connectivity index (χ0) is 14.5. The van der Waals surface area contributed by atoms with Crippen molar-refractivity contribution < 1.29 is 9.47 Å². The van der Waals surface area contributed by atoms with Crippen molar-refractivity contribution in [2.45, 2.75) is 19.8 Å². The zero-order valence-electron chi connectivity index (χ0n) is 11.5. The highest BCUT2D eigenvalue weighted by molar-refractivity contribution is 6.29. The van der Waals surface area contributed by atoms with Crippen molar-refractivity contribution in [1.29, 1.82) is 0 Å². The van der Waals surface area contributed by atoms with Crippen LogP contribution in [0, 0.1) is 0 Å². The Balaban J connectivity index is 2.30. The minimum absolute atomic E-state index is 0.277. The van der Waals surface area contributed by atoms with Crippen molar-refractivity contribution in [3.63, 3.8) is 0 Å². The van der Waals surface area contributed by atoms with Gasteiger partial charge in [0.2, 0.25) is 5.88 Å². The molecular weight excluding hydrogens is 276 g/mol. The quantitative estimate of drug-likeness (QED) is 0.844. The van der Waals surface area contributed by atoms with Gasteiger partial charge in [-0.3, -0.25) is 0 Å². The van der Waals surface area contributed by atoms with Crippen molar-refractivity contribution in [3.05, 3.63) is 41.0 Å². The third-order valence-electron chi connectivity index (χ3n) is 2.83. The van der Waals surface area contributed by atoms with Crippen LogP contribution in [0.4, 0.5) is 5.69 Å². The molecule has 2 aromatic rings. The maximum Gasteiger partial charge on any atom is 0.244 e. The summed E-state index contributed by atoms with van der Waals surface area (Å²) in [4.78, 5) is 4.06. The van der Waals surface area contributed by atoms with Crippen LogP contribution in [-0.4, -0.2) is 12.1 Å². The van der Waals surface area contributed by atoms with Gasteiger partial charge in [-0.15, -0.1) is 0 Å². The van der Waals surface area contributed by atoms with E-state index in [0.29, 0.717) is 22.3 Å². The standard InChI is InChI=1S/C15H17ClN2O2/c1-3-4-10-5-7-12(13(9-10)19-2)20-15-11(17)6-8-14(16)18-15/h5-9H,3-4,17H2,1-2H3. The summed E-state index contributed by atoms with van der Waals surface area (Å²) >= 11 is 5.85. The number of nitrogens with two attached hydrogens (primary N) is 1. The van der Waals surface area contributed by atoms with Gasteiger partial charge >= 0.3 is 0 Å². The SMILES string of the molecule is CCCc1ccc(Oc2nc(Cl)ccc2N)c(OC)c1. The molecule has 4 nitrogen and oxygen atoms in total. The molecule has 0 atom stereocenters. The lowest BCUT2D eigenvalue weighted by Gasteiger charge is -2.12. The number of hydrogen-bond acceptors (Lipinski definition) is 4. The number of hydrogen-bond donors (Lipinski definition) is 1. The topological polar surface area (TPSA) is 57.4 Å². The van der Waals surface area contributed by atoms with Gasteiger partial charge in [-0.25, -0.2) is 0 Å². The lowest BCUT2D eigenvalue weighted by Crippen LogP contribution is -1.97. The number of nitrogen functional groups attached to an aromatic ring is 1. The van der Waals surface area contributed by atoms with Crippen LogP contribution in [-0.2, 0) is 6.42 Å². The first-order valence-corrected chi connectivity index (χ1v) is 6.78. The third-order valence-corrected chi connectivity index (χ3v) is 3.04. The molecule has 0 unspecified atom stereocenters. The van der Waals surface area contributed by atoms with Gasteiger partial charge in [0, 0.05) is 0 Å². The molecule has 1 aromatic carbocycles. The van der Waals surface area contributed by atoms with Crippen LogP contribution in [0.1, 0.15) is 18.9 Å². The van der Waals surface area contributed by atoms with E-state index in [0.717, 1.165) is 12.8 Å². The Hall–Kier alpha value is -1.94. The molecule has 2 N–H and O–H groups in total. The highest BCUT2D eigenvalue weighted by Crippen LogP contribution is 2.34. The fourth-order valence-electron chi connectivity index (χ4n) is 1.86. The smallest absolute Gasteiger partial charge is 0.244 e. The summed E-state index contributed by atoms with van der Waals surface area (Å²) in [5.74, 6) is 1.49. The Bertz CT molecular complexity index is 602. The highest BCUT2D eigenvalue weighted by atomic mass is 35.5. The van der Waals surface area contributed by atoms with Crippen LogP contribution in [0.15, 0.2) is 30.3 Å². The molecule has 0 saturated heterocycles. The van der Waals surface area contributed by atoms with E-state index in [-0.39, 0.29) is 5.88 Å². The summed E-state index contributed by atoms with van der Waals surface area (Å²) in [6.07, 6.45) is 2.07. The lowest BCUT2D eigenvalue weighted by atomic mass is 10.1. The van der Waals surface area contributed by atoms with Gasteiger partial charge in [0.15, 0.2) is 11.5 Å².